The molecule has 0 saturated heterocycles. The zero-order chi connectivity index (χ0) is 13.4. The molecular formula is C13H21NO3S. The number of hydrogen-bond donors (Lipinski definition) is 1. The van der Waals surface area contributed by atoms with Crippen LogP contribution in [0.15, 0.2) is 24.3 Å². The lowest BCUT2D eigenvalue weighted by molar-refractivity contribution is 0.341. The molecule has 0 saturated carbocycles. The van der Waals surface area contributed by atoms with Crippen LogP contribution in [0.4, 0.5) is 0 Å². The molecule has 0 heterocycles. The Balaban J connectivity index is 2.26. The molecule has 0 aliphatic heterocycles. The highest BCUT2D eigenvalue weighted by Gasteiger charge is 2.06. The molecular weight excluding hydrogens is 250 g/mol. The lowest BCUT2D eigenvalue weighted by Crippen LogP contribution is -2.28. The maximum atomic E-state index is 11.6. The van der Waals surface area contributed by atoms with Gasteiger partial charge in [-0.1, -0.05) is 6.92 Å². The summed E-state index contributed by atoms with van der Waals surface area (Å²) >= 11 is 0. The molecule has 0 aliphatic carbocycles. The van der Waals surface area contributed by atoms with Crippen LogP contribution in [0.1, 0.15) is 13.3 Å². The first kappa shape index (κ1) is 15.0. The van der Waals surface area contributed by atoms with Gasteiger partial charge in [-0.15, -0.1) is 0 Å². The van der Waals surface area contributed by atoms with Crippen molar-refractivity contribution in [2.75, 3.05) is 25.2 Å². The van der Waals surface area contributed by atoms with Gasteiger partial charge in [-0.05, 0) is 30.7 Å². The molecule has 1 rings (SSSR count). The first-order chi connectivity index (χ1) is 8.65. The largest absolute Gasteiger partial charge is 0.497 e. The summed E-state index contributed by atoms with van der Waals surface area (Å²) in [5.41, 5.74) is 5.74. The second kappa shape index (κ2) is 8.11. The van der Waals surface area contributed by atoms with Crippen LogP contribution in [0.3, 0.4) is 0 Å². The number of nitrogens with two attached hydrogens (primary N) is 1. The molecule has 1 aromatic rings. The highest BCUT2D eigenvalue weighted by Crippen LogP contribution is 2.16. The summed E-state index contributed by atoms with van der Waals surface area (Å²) in [6, 6.07) is 7.35. The Morgan fingerprint density at radius 3 is 2.44 bits per heavy atom. The standard InChI is InChI=1S/C13H21NO3S/c1-3-11(14)10-18(15)9-8-17-13-6-4-12(16-2)5-7-13/h4-7,11H,3,8-10,14H2,1-2H3. The molecule has 2 atom stereocenters. The van der Waals surface area contributed by atoms with Crippen molar-refractivity contribution >= 4 is 10.8 Å². The molecule has 0 aromatic heterocycles. The van der Waals surface area contributed by atoms with Crippen LogP contribution in [-0.2, 0) is 10.8 Å². The zero-order valence-electron chi connectivity index (χ0n) is 10.9. The molecule has 2 unspecified atom stereocenters. The predicted octanol–water partition coefficient (Wildman–Crippen LogP) is 1.56. The summed E-state index contributed by atoms with van der Waals surface area (Å²) in [6.45, 7) is 2.44. The van der Waals surface area contributed by atoms with Gasteiger partial charge in [-0.25, -0.2) is 0 Å². The van der Waals surface area contributed by atoms with E-state index in [0.29, 0.717) is 18.1 Å². The van der Waals surface area contributed by atoms with Gasteiger partial charge < -0.3 is 15.2 Å². The van der Waals surface area contributed by atoms with Crippen molar-refractivity contribution in [3.8, 4) is 11.5 Å². The van der Waals surface area contributed by atoms with Gasteiger partial charge in [0.2, 0.25) is 0 Å². The molecule has 0 radical (unpaired) electrons. The molecule has 4 nitrogen and oxygen atoms in total. The van der Waals surface area contributed by atoms with Crippen LogP contribution >= 0.6 is 0 Å². The summed E-state index contributed by atoms with van der Waals surface area (Å²) < 4.78 is 22.2. The van der Waals surface area contributed by atoms with Crippen molar-refractivity contribution in [1.29, 1.82) is 0 Å². The Bertz CT molecular complexity index is 367. The molecule has 0 spiro atoms. The van der Waals surface area contributed by atoms with Gasteiger partial charge in [0.05, 0.1) is 19.5 Å². The summed E-state index contributed by atoms with van der Waals surface area (Å²) in [5, 5.41) is 0. The van der Waals surface area contributed by atoms with Crippen LogP contribution in [-0.4, -0.2) is 35.5 Å². The number of ether oxygens (including phenoxy) is 2. The van der Waals surface area contributed by atoms with Gasteiger partial charge in [0.15, 0.2) is 0 Å². The quantitative estimate of drug-likeness (QED) is 0.779. The van der Waals surface area contributed by atoms with Crippen molar-refractivity contribution in [2.24, 2.45) is 5.73 Å². The Morgan fingerprint density at radius 1 is 1.28 bits per heavy atom. The number of rotatable bonds is 8. The first-order valence-electron chi connectivity index (χ1n) is 6.03. The van der Waals surface area contributed by atoms with E-state index in [2.05, 4.69) is 0 Å². The molecule has 0 fully saturated rings. The SMILES string of the molecule is CCC(N)CS(=O)CCOc1ccc(OC)cc1. The Kier molecular flexibility index (Phi) is 6.75. The minimum absolute atomic E-state index is 0.0202. The van der Waals surface area contributed by atoms with Gasteiger partial charge in [0.1, 0.15) is 11.5 Å². The van der Waals surface area contributed by atoms with Crippen molar-refractivity contribution in [2.45, 2.75) is 19.4 Å². The topological polar surface area (TPSA) is 61.6 Å². The van der Waals surface area contributed by atoms with Gasteiger partial charge in [-0.2, -0.15) is 0 Å². The second-order valence-corrected chi connectivity index (χ2v) is 5.62. The third-order valence-corrected chi connectivity index (χ3v) is 3.99. The number of hydrogen-bond acceptors (Lipinski definition) is 4. The van der Waals surface area contributed by atoms with Crippen LogP contribution in [0.25, 0.3) is 0 Å². The fourth-order valence-corrected chi connectivity index (χ4v) is 2.51. The van der Waals surface area contributed by atoms with E-state index in [0.717, 1.165) is 17.9 Å². The summed E-state index contributed by atoms with van der Waals surface area (Å²) in [4.78, 5) is 0. The van der Waals surface area contributed by atoms with E-state index >= 15 is 0 Å². The average Bonchev–Trinajstić information content (AvgIpc) is 2.39. The van der Waals surface area contributed by atoms with Crippen LogP contribution < -0.4 is 15.2 Å². The van der Waals surface area contributed by atoms with E-state index in [1.807, 2.05) is 31.2 Å². The third kappa shape index (κ3) is 5.51. The first-order valence-corrected chi connectivity index (χ1v) is 7.52. The molecule has 18 heavy (non-hydrogen) atoms. The van der Waals surface area contributed by atoms with Crippen LogP contribution in [0.2, 0.25) is 0 Å². The Hall–Kier alpha value is -1.07. The highest BCUT2D eigenvalue weighted by molar-refractivity contribution is 7.85. The summed E-state index contributed by atoms with van der Waals surface area (Å²) in [7, 11) is 0.717. The van der Waals surface area contributed by atoms with Crippen molar-refractivity contribution in [3.63, 3.8) is 0 Å². The van der Waals surface area contributed by atoms with Gasteiger partial charge in [0, 0.05) is 22.6 Å². The zero-order valence-corrected chi connectivity index (χ0v) is 11.7. The van der Waals surface area contributed by atoms with E-state index < -0.39 is 10.8 Å². The maximum absolute atomic E-state index is 11.6. The molecule has 2 N–H and O–H groups in total. The minimum atomic E-state index is -0.904. The van der Waals surface area contributed by atoms with E-state index in [1.54, 1.807) is 7.11 Å². The fourth-order valence-electron chi connectivity index (χ4n) is 1.36. The van der Waals surface area contributed by atoms with E-state index in [9.17, 15) is 4.21 Å². The monoisotopic (exact) mass is 271 g/mol. The Labute approximate surface area is 111 Å². The maximum Gasteiger partial charge on any atom is 0.119 e. The van der Waals surface area contributed by atoms with Crippen molar-refractivity contribution in [1.82, 2.24) is 0 Å². The third-order valence-electron chi connectivity index (χ3n) is 2.56. The Morgan fingerprint density at radius 2 is 1.89 bits per heavy atom. The minimum Gasteiger partial charge on any atom is -0.497 e. The molecule has 0 bridgehead atoms. The van der Waals surface area contributed by atoms with E-state index in [4.69, 9.17) is 15.2 Å². The number of benzene rings is 1. The molecule has 0 amide bonds. The second-order valence-electron chi connectivity index (χ2n) is 4.00. The van der Waals surface area contributed by atoms with Gasteiger partial charge in [-0.3, -0.25) is 4.21 Å². The molecule has 5 heteroatoms. The molecule has 102 valence electrons. The van der Waals surface area contributed by atoms with E-state index in [-0.39, 0.29) is 6.04 Å². The van der Waals surface area contributed by atoms with Crippen molar-refractivity contribution < 1.29 is 13.7 Å². The predicted molar refractivity (Wildman–Crippen MR) is 74.6 cm³/mol. The summed E-state index contributed by atoms with van der Waals surface area (Å²) in [5.74, 6) is 2.61. The lowest BCUT2D eigenvalue weighted by atomic mass is 10.3. The van der Waals surface area contributed by atoms with Crippen molar-refractivity contribution in [3.05, 3.63) is 24.3 Å². The normalized spacial score (nSPS) is 13.9. The highest BCUT2D eigenvalue weighted by atomic mass is 32.2. The lowest BCUT2D eigenvalue weighted by Gasteiger charge is -2.09. The van der Waals surface area contributed by atoms with Gasteiger partial charge >= 0.3 is 0 Å². The fraction of sp³-hybridized carbons (Fsp3) is 0.538. The average molecular weight is 271 g/mol. The smallest absolute Gasteiger partial charge is 0.119 e. The molecule has 1 aromatic carbocycles. The van der Waals surface area contributed by atoms with Crippen LogP contribution in [0.5, 0.6) is 11.5 Å². The number of methoxy groups -OCH3 is 1. The molecule has 0 aliphatic rings. The summed E-state index contributed by atoms with van der Waals surface area (Å²) in [6.07, 6.45) is 0.852. The van der Waals surface area contributed by atoms with Crippen LogP contribution in [0, 0.1) is 0 Å². The van der Waals surface area contributed by atoms with E-state index in [1.165, 1.54) is 0 Å². The van der Waals surface area contributed by atoms with Gasteiger partial charge in [0.25, 0.3) is 0 Å².